The Bertz CT molecular complexity index is 997. The summed E-state index contributed by atoms with van der Waals surface area (Å²) in [6.45, 7) is 1.39. The molecule has 10 nitrogen and oxygen atoms in total. The number of aromatic nitrogens is 1. The number of pyridine rings is 1. The number of guanidine groups is 1. The van der Waals surface area contributed by atoms with Crippen LogP contribution in [0.4, 0.5) is 0 Å². The maximum Gasteiger partial charge on any atom is 0.345 e. The van der Waals surface area contributed by atoms with Crippen LogP contribution in [-0.2, 0) is 16.1 Å². The van der Waals surface area contributed by atoms with Crippen LogP contribution in [0.1, 0.15) is 35.7 Å². The average Bonchev–Trinajstić information content (AvgIpc) is 2.74. The summed E-state index contributed by atoms with van der Waals surface area (Å²) in [4.78, 5) is 47.0. The number of nitrogens with one attached hydrogen (secondary N) is 1. The SMILES string of the molecule is CC(=O)N(C(=O)c1cccnc1)[C@](CCCN=C(N)N)(NCc1cccc(I)c1)C(=O)O. The minimum Gasteiger partial charge on any atom is -0.478 e. The van der Waals surface area contributed by atoms with Crippen molar-refractivity contribution in [1.82, 2.24) is 15.2 Å². The van der Waals surface area contributed by atoms with E-state index in [9.17, 15) is 19.5 Å². The second kappa shape index (κ2) is 11.5. The second-order valence-corrected chi connectivity index (χ2v) is 8.21. The van der Waals surface area contributed by atoms with Crippen LogP contribution < -0.4 is 16.8 Å². The fraction of sp³-hybridized carbons (Fsp3) is 0.286. The molecule has 0 unspecified atom stereocenters. The first kappa shape index (κ1) is 25.2. The van der Waals surface area contributed by atoms with Crippen LogP contribution in [0.5, 0.6) is 0 Å². The Morgan fingerprint density at radius 1 is 1.25 bits per heavy atom. The summed E-state index contributed by atoms with van der Waals surface area (Å²) in [5, 5.41) is 13.2. The highest BCUT2D eigenvalue weighted by Crippen LogP contribution is 2.24. The summed E-state index contributed by atoms with van der Waals surface area (Å²) in [6, 6.07) is 10.4. The topological polar surface area (TPSA) is 164 Å². The third-order valence-corrected chi connectivity index (χ3v) is 5.30. The van der Waals surface area contributed by atoms with Crippen LogP contribution in [-0.4, -0.2) is 50.9 Å². The number of nitrogens with zero attached hydrogens (tertiary/aromatic N) is 3. The van der Waals surface area contributed by atoms with E-state index in [0.29, 0.717) is 0 Å². The van der Waals surface area contributed by atoms with Crippen molar-refractivity contribution in [3.63, 3.8) is 0 Å². The third kappa shape index (κ3) is 6.47. The van der Waals surface area contributed by atoms with E-state index in [4.69, 9.17) is 11.5 Å². The monoisotopic (exact) mass is 552 g/mol. The molecule has 0 aliphatic carbocycles. The second-order valence-electron chi connectivity index (χ2n) is 6.96. The van der Waals surface area contributed by atoms with Gasteiger partial charge in [0.1, 0.15) is 0 Å². The van der Waals surface area contributed by atoms with E-state index in [0.717, 1.165) is 21.0 Å². The Labute approximate surface area is 199 Å². The van der Waals surface area contributed by atoms with Crippen molar-refractivity contribution in [3.8, 4) is 0 Å². The van der Waals surface area contributed by atoms with Gasteiger partial charge in [-0.25, -0.2) is 9.69 Å². The van der Waals surface area contributed by atoms with Gasteiger partial charge in [0.05, 0.1) is 5.56 Å². The van der Waals surface area contributed by atoms with Gasteiger partial charge in [-0.2, -0.15) is 0 Å². The molecule has 11 heteroatoms. The van der Waals surface area contributed by atoms with Crippen LogP contribution in [0.25, 0.3) is 0 Å². The smallest absolute Gasteiger partial charge is 0.345 e. The van der Waals surface area contributed by atoms with Gasteiger partial charge in [-0.1, -0.05) is 12.1 Å². The molecule has 170 valence electrons. The molecule has 1 atom stereocenters. The Balaban J connectivity index is 2.47. The standard InChI is InChI=1S/C21H25IN6O4/c1-14(29)28(18(30)16-6-3-9-25-13-16)21(19(31)32,8-4-10-26-20(23)24)27-12-15-5-2-7-17(22)11-15/h2-3,5-7,9,11,13,27H,4,8,10,12H2,1H3,(H,31,32)(H4,23,24,26)/t21-/m0/s1. The van der Waals surface area contributed by atoms with Gasteiger partial charge < -0.3 is 16.6 Å². The average molecular weight is 552 g/mol. The van der Waals surface area contributed by atoms with Gasteiger partial charge in [0.2, 0.25) is 11.6 Å². The summed E-state index contributed by atoms with van der Waals surface area (Å²) in [7, 11) is 0. The molecular weight excluding hydrogens is 527 g/mol. The van der Waals surface area contributed by atoms with E-state index in [1.807, 2.05) is 24.3 Å². The van der Waals surface area contributed by atoms with Crippen LogP contribution in [0.2, 0.25) is 0 Å². The lowest BCUT2D eigenvalue weighted by atomic mass is 9.98. The highest BCUT2D eigenvalue weighted by Gasteiger charge is 2.48. The van der Waals surface area contributed by atoms with Gasteiger partial charge in [0, 0.05) is 36.0 Å². The number of carboxylic acid groups (broad SMARTS) is 1. The van der Waals surface area contributed by atoms with Crippen molar-refractivity contribution in [3.05, 3.63) is 63.5 Å². The van der Waals surface area contributed by atoms with Crippen LogP contribution >= 0.6 is 22.6 Å². The molecular formula is C21H25IN6O4. The molecule has 0 aliphatic rings. The van der Waals surface area contributed by atoms with Crippen molar-refractivity contribution in [1.29, 1.82) is 0 Å². The summed E-state index contributed by atoms with van der Waals surface area (Å²) >= 11 is 2.15. The van der Waals surface area contributed by atoms with Gasteiger partial charge in [-0.05, 0) is 65.3 Å². The van der Waals surface area contributed by atoms with Gasteiger partial charge in [-0.3, -0.25) is 24.9 Å². The van der Waals surface area contributed by atoms with Crippen LogP contribution in [0.15, 0.2) is 53.8 Å². The fourth-order valence-corrected chi connectivity index (χ4v) is 3.81. The first-order valence-electron chi connectivity index (χ1n) is 9.71. The number of carbonyl (C=O) groups excluding carboxylic acids is 2. The molecule has 32 heavy (non-hydrogen) atoms. The lowest BCUT2D eigenvalue weighted by molar-refractivity contribution is -0.159. The predicted molar refractivity (Wildman–Crippen MR) is 127 cm³/mol. The van der Waals surface area contributed by atoms with E-state index < -0.39 is 23.4 Å². The maximum atomic E-state index is 13.2. The number of nitrogens with two attached hydrogens (primary N) is 2. The van der Waals surface area contributed by atoms with E-state index in [2.05, 4.69) is 37.9 Å². The molecule has 0 saturated carbocycles. The molecule has 2 amide bonds. The summed E-state index contributed by atoms with van der Waals surface area (Å²) in [5.41, 5.74) is 9.56. The Hall–Kier alpha value is -3.06. The minimum atomic E-state index is -2.03. The molecule has 0 saturated heterocycles. The number of hydrogen-bond acceptors (Lipinski definition) is 6. The molecule has 6 N–H and O–H groups in total. The molecule has 0 fully saturated rings. The number of hydrogen-bond donors (Lipinski definition) is 4. The Kier molecular flexibility index (Phi) is 9.08. The predicted octanol–water partition coefficient (Wildman–Crippen LogP) is 1.30. The number of carbonyl (C=O) groups is 3. The largest absolute Gasteiger partial charge is 0.478 e. The number of aliphatic imine (C=N–C) groups is 1. The zero-order valence-electron chi connectivity index (χ0n) is 17.5. The van der Waals surface area contributed by atoms with Crippen molar-refractivity contribution >= 4 is 46.3 Å². The van der Waals surface area contributed by atoms with Crippen molar-refractivity contribution in [2.24, 2.45) is 16.5 Å². The Morgan fingerprint density at radius 3 is 2.56 bits per heavy atom. The number of halogens is 1. The molecule has 0 spiro atoms. The van der Waals surface area contributed by atoms with Gasteiger partial charge in [0.15, 0.2) is 5.96 Å². The van der Waals surface area contributed by atoms with Crippen molar-refractivity contribution < 1.29 is 19.5 Å². The van der Waals surface area contributed by atoms with Gasteiger partial charge in [0.25, 0.3) is 5.91 Å². The summed E-state index contributed by atoms with van der Waals surface area (Å²) in [6.07, 6.45) is 2.84. The molecule has 1 heterocycles. The number of aliphatic carboxylic acids is 1. The Morgan fingerprint density at radius 2 is 2.00 bits per heavy atom. The first-order valence-corrected chi connectivity index (χ1v) is 10.8. The highest BCUT2D eigenvalue weighted by atomic mass is 127. The molecule has 0 bridgehead atoms. The normalized spacial score (nSPS) is 12.4. The molecule has 0 radical (unpaired) electrons. The highest BCUT2D eigenvalue weighted by molar-refractivity contribution is 14.1. The number of amides is 2. The fourth-order valence-electron chi connectivity index (χ4n) is 3.20. The number of carboxylic acids is 1. The third-order valence-electron chi connectivity index (χ3n) is 4.63. The number of benzene rings is 1. The zero-order chi connectivity index (χ0) is 23.7. The van der Waals surface area contributed by atoms with Crippen molar-refractivity contribution in [2.45, 2.75) is 32.0 Å². The maximum absolute atomic E-state index is 13.2. The van der Waals surface area contributed by atoms with E-state index in [1.165, 1.54) is 24.5 Å². The number of imide groups is 1. The summed E-state index contributed by atoms with van der Waals surface area (Å²) in [5.74, 6) is -3.00. The number of rotatable bonds is 10. The van der Waals surface area contributed by atoms with Gasteiger partial charge in [-0.15, -0.1) is 0 Å². The first-order chi connectivity index (χ1) is 15.2. The van der Waals surface area contributed by atoms with Crippen molar-refractivity contribution in [2.75, 3.05) is 6.54 Å². The van der Waals surface area contributed by atoms with Gasteiger partial charge >= 0.3 is 5.97 Å². The van der Waals surface area contributed by atoms with E-state index in [-0.39, 0.29) is 37.5 Å². The molecule has 2 rings (SSSR count). The van der Waals surface area contributed by atoms with Crippen LogP contribution in [0.3, 0.4) is 0 Å². The zero-order valence-corrected chi connectivity index (χ0v) is 19.7. The molecule has 2 aromatic rings. The molecule has 1 aromatic carbocycles. The van der Waals surface area contributed by atoms with E-state index in [1.54, 1.807) is 0 Å². The summed E-state index contributed by atoms with van der Waals surface area (Å²) < 4.78 is 0.963. The lowest BCUT2D eigenvalue weighted by Gasteiger charge is -2.39. The molecule has 0 aliphatic heterocycles. The minimum absolute atomic E-state index is 0.0913. The van der Waals surface area contributed by atoms with E-state index >= 15 is 0 Å². The molecule has 1 aromatic heterocycles. The van der Waals surface area contributed by atoms with Crippen LogP contribution in [0, 0.1) is 3.57 Å². The quantitative estimate of drug-likeness (QED) is 0.113. The lowest BCUT2D eigenvalue weighted by Crippen LogP contribution is -2.67.